The number of aromatic nitrogens is 3. The molecule has 4 N–H and O–H groups in total. The summed E-state index contributed by atoms with van der Waals surface area (Å²) in [4.78, 5) is 23.1. The summed E-state index contributed by atoms with van der Waals surface area (Å²) in [5.41, 5.74) is 9.06. The minimum absolute atomic E-state index is 0.0538. The van der Waals surface area contributed by atoms with Crippen molar-refractivity contribution < 1.29 is 9.66 Å². The van der Waals surface area contributed by atoms with Crippen LogP contribution in [0, 0.1) is 10.1 Å². The molecule has 0 saturated carbocycles. The van der Waals surface area contributed by atoms with Crippen LogP contribution in [-0.4, -0.2) is 34.0 Å². The van der Waals surface area contributed by atoms with Gasteiger partial charge in [0.05, 0.1) is 29.0 Å². The monoisotopic (exact) mass is 390 g/mol. The van der Waals surface area contributed by atoms with Gasteiger partial charge in [0, 0.05) is 42.0 Å². The third-order valence-corrected chi connectivity index (χ3v) is 4.71. The summed E-state index contributed by atoms with van der Waals surface area (Å²) < 4.78 is 5.49. The zero-order valence-electron chi connectivity index (χ0n) is 15.8. The summed E-state index contributed by atoms with van der Waals surface area (Å²) in [6.45, 7) is 0. The summed E-state index contributed by atoms with van der Waals surface area (Å²) in [5, 5.41) is 15.4. The van der Waals surface area contributed by atoms with Crippen molar-refractivity contribution in [2.75, 3.05) is 25.2 Å². The van der Waals surface area contributed by atoms with Crippen molar-refractivity contribution in [3.8, 4) is 28.4 Å². The number of hydrogen-bond acceptors (Lipinski definition) is 7. The topological polar surface area (TPSA) is 132 Å². The normalized spacial score (nSPS) is 10.8. The fraction of sp³-hybridized carbons (Fsp3) is 0.100. The van der Waals surface area contributed by atoms with E-state index >= 15 is 0 Å². The highest BCUT2D eigenvalue weighted by atomic mass is 16.6. The van der Waals surface area contributed by atoms with Crippen LogP contribution in [0.5, 0.6) is 5.75 Å². The van der Waals surface area contributed by atoms with Crippen LogP contribution in [-0.2, 0) is 0 Å². The van der Waals surface area contributed by atoms with Gasteiger partial charge >= 0.3 is 0 Å². The van der Waals surface area contributed by atoms with E-state index in [2.05, 4.69) is 20.3 Å². The molecule has 0 spiro atoms. The second-order valence-corrected chi connectivity index (χ2v) is 6.29. The first-order valence-corrected chi connectivity index (χ1v) is 8.77. The second-order valence-electron chi connectivity index (χ2n) is 6.29. The quantitative estimate of drug-likeness (QED) is 0.268. The van der Waals surface area contributed by atoms with Gasteiger partial charge in [-0.1, -0.05) is 18.2 Å². The fourth-order valence-corrected chi connectivity index (χ4v) is 3.35. The van der Waals surface area contributed by atoms with E-state index in [1.54, 1.807) is 19.3 Å². The summed E-state index contributed by atoms with van der Waals surface area (Å²) in [7, 11) is 3.11. The van der Waals surface area contributed by atoms with Crippen molar-refractivity contribution in [1.29, 1.82) is 0 Å². The molecule has 2 heterocycles. The van der Waals surface area contributed by atoms with E-state index in [9.17, 15) is 10.1 Å². The summed E-state index contributed by atoms with van der Waals surface area (Å²) in [6, 6.07) is 11.0. The molecule has 9 heteroatoms. The van der Waals surface area contributed by atoms with Crippen LogP contribution in [0.1, 0.15) is 0 Å². The Kier molecular flexibility index (Phi) is 4.47. The molecule has 0 radical (unpaired) electrons. The number of nitrogens with two attached hydrogens (primary N) is 1. The van der Waals surface area contributed by atoms with Gasteiger partial charge in [-0.3, -0.25) is 10.1 Å². The predicted molar refractivity (Wildman–Crippen MR) is 112 cm³/mol. The smallest absolute Gasteiger partial charge is 0.295 e. The molecule has 9 nitrogen and oxygen atoms in total. The first-order valence-electron chi connectivity index (χ1n) is 8.77. The van der Waals surface area contributed by atoms with Gasteiger partial charge in [-0.25, -0.2) is 9.97 Å². The van der Waals surface area contributed by atoms with E-state index < -0.39 is 4.92 Å². The van der Waals surface area contributed by atoms with Gasteiger partial charge in [-0.05, 0) is 12.1 Å². The lowest BCUT2D eigenvalue weighted by atomic mass is 10.1. The number of hydrogen-bond donors (Lipinski definition) is 3. The Labute approximate surface area is 165 Å². The zero-order valence-corrected chi connectivity index (χ0v) is 15.8. The lowest BCUT2D eigenvalue weighted by Crippen LogP contribution is -2.05. The van der Waals surface area contributed by atoms with Gasteiger partial charge in [-0.2, -0.15) is 0 Å². The number of nitrogens with zero attached hydrogens (tertiary/aromatic N) is 3. The minimum Gasteiger partial charge on any atom is -0.494 e. The highest BCUT2D eigenvalue weighted by molar-refractivity contribution is 5.95. The van der Waals surface area contributed by atoms with Crippen LogP contribution in [0.15, 0.2) is 48.8 Å². The molecule has 4 aromatic rings. The average Bonchev–Trinajstić information content (AvgIpc) is 3.17. The number of benzene rings is 2. The van der Waals surface area contributed by atoms with Gasteiger partial charge in [0.2, 0.25) is 0 Å². The molecule has 0 aliphatic heterocycles. The Bertz CT molecular complexity index is 1230. The van der Waals surface area contributed by atoms with Crippen molar-refractivity contribution in [3.63, 3.8) is 0 Å². The molecular formula is C20H18N6O3. The lowest BCUT2D eigenvalue weighted by Gasteiger charge is -2.15. The van der Waals surface area contributed by atoms with Gasteiger partial charge in [0.15, 0.2) is 11.6 Å². The summed E-state index contributed by atoms with van der Waals surface area (Å²) in [6.07, 6.45) is 3.46. The standard InChI is InChI=1S/C20H18N6O3/c1-22-15-9-16(26(27)28)18(21)17(19(15)29-2)20-23-8-7-14(25-20)12-10-24-13-6-4-3-5-11(12)13/h3-10,22,24H,21H2,1-2H3. The first-order chi connectivity index (χ1) is 14.0. The van der Waals surface area contributed by atoms with Gasteiger partial charge < -0.3 is 20.8 Å². The first kappa shape index (κ1) is 18.2. The van der Waals surface area contributed by atoms with Gasteiger partial charge in [-0.15, -0.1) is 0 Å². The van der Waals surface area contributed by atoms with Crippen LogP contribution in [0.2, 0.25) is 0 Å². The van der Waals surface area contributed by atoms with E-state index in [1.807, 2.05) is 30.5 Å². The van der Waals surface area contributed by atoms with E-state index in [4.69, 9.17) is 10.5 Å². The molecule has 0 amide bonds. The lowest BCUT2D eigenvalue weighted by molar-refractivity contribution is -0.383. The van der Waals surface area contributed by atoms with E-state index in [1.165, 1.54) is 13.2 Å². The van der Waals surface area contributed by atoms with Crippen LogP contribution in [0.3, 0.4) is 0 Å². The zero-order chi connectivity index (χ0) is 20.5. The van der Waals surface area contributed by atoms with E-state index in [0.29, 0.717) is 17.1 Å². The highest BCUT2D eigenvalue weighted by Gasteiger charge is 2.26. The molecular weight excluding hydrogens is 372 g/mol. The van der Waals surface area contributed by atoms with Crippen molar-refractivity contribution in [2.45, 2.75) is 0 Å². The third-order valence-electron chi connectivity index (χ3n) is 4.71. The number of para-hydroxylation sites is 1. The summed E-state index contributed by atoms with van der Waals surface area (Å²) >= 11 is 0. The Balaban J connectivity index is 1.96. The van der Waals surface area contributed by atoms with Crippen molar-refractivity contribution >= 4 is 28.0 Å². The number of nitro groups is 1. The number of methoxy groups -OCH3 is 1. The number of H-pyrrole nitrogens is 1. The molecule has 146 valence electrons. The van der Waals surface area contributed by atoms with Crippen molar-refractivity contribution in [1.82, 2.24) is 15.0 Å². The number of nitrogen functional groups attached to an aromatic ring is 1. The fourth-order valence-electron chi connectivity index (χ4n) is 3.35. The summed E-state index contributed by atoms with van der Waals surface area (Å²) in [5.74, 6) is 0.578. The predicted octanol–water partition coefficient (Wildman–Crippen LogP) is 3.83. The molecule has 0 saturated heterocycles. The van der Waals surface area contributed by atoms with Crippen LogP contribution >= 0.6 is 0 Å². The molecule has 0 unspecified atom stereocenters. The average molecular weight is 390 g/mol. The largest absolute Gasteiger partial charge is 0.494 e. The molecule has 4 rings (SSSR count). The number of anilines is 2. The van der Waals surface area contributed by atoms with Crippen molar-refractivity contribution in [2.24, 2.45) is 0 Å². The second kappa shape index (κ2) is 7.12. The Morgan fingerprint density at radius 1 is 1.28 bits per heavy atom. The molecule has 2 aromatic heterocycles. The van der Waals surface area contributed by atoms with E-state index in [0.717, 1.165) is 16.5 Å². The van der Waals surface area contributed by atoms with Crippen LogP contribution in [0.4, 0.5) is 17.1 Å². The van der Waals surface area contributed by atoms with E-state index in [-0.39, 0.29) is 22.8 Å². The van der Waals surface area contributed by atoms with Crippen molar-refractivity contribution in [3.05, 3.63) is 58.9 Å². The maximum atomic E-state index is 11.5. The van der Waals surface area contributed by atoms with Gasteiger partial charge in [0.25, 0.3) is 5.69 Å². The van der Waals surface area contributed by atoms with Crippen LogP contribution < -0.4 is 15.8 Å². The maximum absolute atomic E-state index is 11.5. The Hall–Kier alpha value is -4.14. The third kappa shape index (κ3) is 2.98. The number of nitrogens with one attached hydrogen (secondary N) is 2. The Morgan fingerprint density at radius 3 is 2.79 bits per heavy atom. The molecule has 2 aromatic carbocycles. The molecule has 0 atom stereocenters. The number of aromatic amines is 1. The molecule has 0 fully saturated rings. The van der Waals surface area contributed by atoms with Crippen LogP contribution in [0.25, 0.3) is 33.5 Å². The van der Waals surface area contributed by atoms with Gasteiger partial charge in [0.1, 0.15) is 5.69 Å². The minimum atomic E-state index is -0.539. The molecule has 29 heavy (non-hydrogen) atoms. The number of ether oxygens (including phenoxy) is 1. The number of fused-ring (bicyclic) bond motifs is 1. The maximum Gasteiger partial charge on any atom is 0.295 e. The molecule has 0 aliphatic carbocycles. The molecule has 0 bridgehead atoms. The SMILES string of the molecule is CNc1cc([N+](=O)[O-])c(N)c(-c2nccc(-c3c[nH]c4ccccc34)n2)c1OC. The number of nitro benzene ring substituents is 1. The highest BCUT2D eigenvalue weighted by Crippen LogP contribution is 2.45. The Morgan fingerprint density at radius 2 is 2.07 bits per heavy atom. The number of rotatable bonds is 5. The molecule has 0 aliphatic rings.